The maximum atomic E-state index is 5.43. The minimum atomic E-state index is 0.588. The first-order valence-electron chi connectivity index (χ1n) is 3.49. The van der Waals surface area contributed by atoms with E-state index in [1.165, 1.54) is 0 Å². The third-order valence-corrected chi connectivity index (χ3v) is 2.40. The lowest BCUT2D eigenvalue weighted by molar-refractivity contribution is 0.202. The fourth-order valence-corrected chi connectivity index (χ4v) is 1.53. The molecule has 1 aromatic rings. The Morgan fingerprint density at radius 2 is 2.55 bits per heavy atom. The first-order chi connectivity index (χ1) is 5.36. The second-order valence-corrected chi connectivity index (χ2v) is 3.37. The van der Waals surface area contributed by atoms with Crippen LogP contribution < -0.4 is 5.73 Å². The lowest BCUT2D eigenvalue weighted by Gasteiger charge is -1.92. The third kappa shape index (κ3) is 2.57. The molecule has 0 aliphatic rings. The molecule has 0 amide bonds. The van der Waals surface area contributed by atoms with Gasteiger partial charge in [0.2, 0.25) is 0 Å². The molecule has 1 aromatic heterocycles. The topological polar surface area (TPSA) is 48.1 Å². The zero-order valence-electron chi connectivity index (χ0n) is 6.54. The maximum Gasteiger partial charge on any atom is 0.0951 e. The second-order valence-electron chi connectivity index (χ2n) is 2.17. The summed E-state index contributed by atoms with van der Waals surface area (Å²) in [7, 11) is 1.69. The average Bonchev–Trinajstić information content (AvgIpc) is 2.48. The molecule has 0 unspecified atom stereocenters. The third-order valence-electron chi connectivity index (χ3n) is 1.32. The van der Waals surface area contributed by atoms with Crippen LogP contribution in [0.1, 0.15) is 9.88 Å². The molecule has 0 radical (unpaired) electrons. The molecule has 62 valence electrons. The van der Waals surface area contributed by atoms with E-state index in [-0.39, 0.29) is 0 Å². The van der Waals surface area contributed by atoms with Crippen molar-refractivity contribution in [1.82, 2.24) is 4.98 Å². The summed E-state index contributed by atoms with van der Waals surface area (Å²) in [5.41, 5.74) is 5.43. The summed E-state index contributed by atoms with van der Waals surface area (Å²) in [6, 6.07) is 0. The largest absolute Gasteiger partial charge is 0.384 e. The van der Waals surface area contributed by atoms with Crippen LogP contribution in [-0.4, -0.2) is 18.7 Å². The minimum Gasteiger partial charge on any atom is -0.384 e. The first kappa shape index (κ1) is 8.64. The van der Waals surface area contributed by atoms with Crippen LogP contribution in [0.4, 0.5) is 0 Å². The van der Waals surface area contributed by atoms with E-state index in [2.05, 4.69) is 4.98 Å². The molecule has 0 aliphatic heterocycles. The number of thiazole rings is 1. The van der Waals surface area contributed by atoms with E-state index in [0.29, 0.717) is 6.54 Å². The van der Waals surface area contributed by atoms with E-state index >= 15 is 0 Å². The summed E-state index contributed by atoms with van der Waals surface area (Å²) in [5, 5.41) is 1.10. The van der Waals surface area contributed by atoms with Gasteiger partial charge in [-0.2, -0.15) is 0 Å². The highest BCUT2D eigenvalue weighted by Gasteiger charge is 1.98. The lowest BCUT2D eigenvalue weighted by Crippen LogP contribution is -1.92. The normalized spacial score (nSPS) is 10.4. The fourth-order valence-electron chi connectivity index (χ4n) is 0.747. The van der Waals surface area contributed by atoms with Gasteiger partial charge in [-0.15, -0.1) is 11.3 Å². The van der Waals surface area contributed by atoms with E-state index in [1.807, 2.05) is 6.20 Å². The van der Waals surface area contributed by atoms with Crippen LogP contribution in [0.25, 0.3) is 0 Å². The average molecular weight is 172 g/mol. The van der Waals surface area contributed by atoms with Gasteiger partial charge in [0.1, 0.15) is 0 Å². The zero-order chi connectivity index (χ0) is 8.10. The standard InChI is InChI=1S/C7H12N2OS/c1-10-3-2-7-9-5-6(4-8)11-7/h5H,2-4,8H2,1H3. The van der Waals surface area contributed by atoms with Crippen molar-refractivity contribution in [2.75, 3.05) is 13.7 Å². The molecule has 3 nitrogen and oxygen atoms in total. The van der Waals surface area contributed by atoms with E-state index in [0.717, 1.165) is 22.9 Å². The molecule has 0 bridgehead atoms. The van der Waals surface area contributed by atoms with Crippen molar-refractivity contribution in [3.63, 3.8) is 0 Å². The van der Waals surface area contributed by atoms with Crippen molar-refractivity contribution in [3.8, 4) is 0 Å². The second kappa shape index (κ2) is 4.43. The molecular formula is C7H12N2OS. The number of nitrogens with two attached hydrogens (primary N) is 1. The molecule has 1 heterocycles. The predicted octanol–water partition coefficient (Wildman–Crippen LogP) is 0.791. The number of methoxy groups -OCH3 is 1. The van der Waals surface area contributed by atoms with Gasteiger partial charge in [-0.1, -0.05) is 0 Å². The van der Waals surface area contributed by atoms with Gasteiger partial charge < -0.3 is 10.5 Å². The maximum absolute atomic E-state index is 5.43. The van der Waals surface area contributed by atoms with Gasteiger partial charge in [0.25, 0.3) is 0 Å². The van der Waals surface area contributed by atoms with Gasteiger partial charge in [0.15, 0.2) is 0 Å². The molecule has 1 rings (SSSR count). The molecule has 0 atom stereocenters. The molecule has 0 fully saturated rings. The lowest BCUT2D eigenvalue weighted by atomic mass is 10.5. The van der Waals surface area contributed by atoms with Gasteiger partial charge in [-0.05, 0) is 0 Å². The Labute approximate surface area is 70.2 Å². The van der Waals surface area contributed by atoms with E-state index in [9.17, 15) is 0 Å². The highest BCUT2D eigenvalue weighted by molar-refractivity contribution is 7.11. The van der Waals surface area contributed by atoms with Gasteiger partial charge in [-0.25, -0.2) is 4.98 Å². The van der Waals surface area contributed by atoms with Crippen LogP contribution in [0.15, 0.2) is 6.20 Å². The van der Waals surface area contributed by atoms with Gasteiger partial charge in [-0.3, -0.25) is 0 Å². The van der Waals surface area contributed by atoms with E-state index in [1.54, 1.807) is 18.4 Å². The number of nitrogens with zero attached hydrogens (tertiary/aromatic N) is 1. The van der Waals surface area contributed by atoms with Crippen LogP contribution in [0.3, 0.4) is 0 Å². The van der Waals surface area contributed by atoms with E-state index < -0.39 is 0 Å². The first-order valence-corrected chi connectivity index (χ1v) is 4.31. The summed E-state index contributed by atoms with van der Waals surface area (Å²) in [5.74, 6) is 0. The quantitative estimate of drug-likeness (QED) is 0.730. The molecule has 0 saturated carbocycles. The molecule has 2 N–H and O–H groups in total. The molecule has 0 spiro atoms. The molecule has 11 heavy (non-hydrogen) atoms. The number of rotatable bonds is 4. The summed E-state index contributed by atoms with van der Waals surface area (Å²) in [4.78, 5) is 5.32. The van der Waals surface area contributed by atoms with Crippen molar-refractivity contribution in [1.29, 1.82) is 0 Å². The van der Waals surface area contributed by atoms with Crippen LogP contribution in [0, 0.1) is 0 Å². The molecular weight excluding hydrogens is 160 g/mol. The summed E-state index contributed by atoms with van der Waals surface area (Å²) in [6.07, 6.45) is 2.72. The molecule has 0 saturated heterocycles. The SMILES string of the molecule is COCCc1ncc(CN)s1. The Balaban J connectivity index is 2.44. The Hall–Kier alpha value is -0.450. The summed E-state index contributed by atoms with van der Waals surface area (Å²) in [6.45, 7) is 1.32. The Morgan fingerprint density at radius 3 is 3.09 bits per heavy atom. The number of ether oxygens (including phenoxy) is 1. The number of hydrogen-bond acceptors (Lipinski definition) is 4. The molecule has 0 aromatic carbocycles. The van der Waals surface area contributed by atoms with Crippen molar-refractivity contribution in [2.24, 2.45) is 5.73 Å². The van der Waals surface area contributed by atoms with Crippen LogP contribution in [0.2, 0.25) is 0 Å². The minimum absolute atomic E-state index is 0.588. The van der Waals surface area contributed by atoms with Gasteiger partial charge in [0, 0.05) is 31.1 Å². The highest BCUT2D eigenvalue weighted by atomic mass is 32.1. The molecule has 4 heteroatoms. The number of hydrogen-bond donors (Lipinski definition) is 1. The number of aromatic nitrogens is 1. The fraction of sp³-hybridized carbons (Fsp3) is 0.571. The smallest absolute Gasteiger partial charge is 0.0951 e. The Bertz CT molecular complexity index is 212. The van der Waals surface area contributed by atoms with Gasteiger partial charge >= 0.3 is 0 Å². The van der Waals surface area contributed by atoms with Crippen LogP contribution in [0.5, 0.6) is 0 Å². The summed E-state index contributed by atoms with van der Waals surface area (Å²) >= 11 is 1.66. The van der Waals surface area contributed by atoms with E-state index in [4.69, 9.17) is 10.5 Å². The zero-order valence-corrected chi connectivity index (χ0v) is 7.36. The predicted molar refractivity (Wildman–Crippen MR) is 45.6 cm³/mol. The monoisotopic (exact) mass is 172 g/mol. The van der Waals surface area contributed by atoms with Crippen molar-refractivity contribution in [3.05, 3.63) is 16.1 Å². The Kier molecular flexibility index (Phi) is 3.48. The van der Waals surface area contributed by atoms with Crippen molar-refractivity contribution >= 4 is 11.3 Å². The van der Waals surface area contributed by atoms with Crippen molar-refractivity contribution < 1.29 is 4.74 Å². The van der Waals surface area contributed by atoms with Crippen LogP contribution >= 0.6 is 11.3 Å². The van der Waals surface area contributed by atoms with Gasteiger partial charge in [0.05, 0.1) is 11.6 Å². The molecule has 0 aliphatic carbocycles. The highest BCUT2D eigenvalue weighted by Crippen LogP contribution is 2.12. The van der Waals surface area contributed by atoms with Crippen molar-refractivity contribution in [2.45, 2.75) is 13.0 Å². The summed E-state index contributed by atoms with van der Waals surface area (Å²) < 4.78 is 4.92. The Morgan fingerprint density at radius 1 is 1.73 bits per heavy atom. The van der Waals surface area contributed by atoms with Crippen LogP contribution in [-0.2, 0) is 17.7 Å².